The molecule has 13 aromatic rings. The molecule has 0 radical (unpaired) electrons. The van der Waals surface area contributed by atoms with Gasteiger partial charge in [0.05, 0.1) is 44.2 Å². The third kappa shape index (κ3) is 4.29. The Hall–Kier alpha value is -7.82. The number of hydrogen-bond acceptors (Lipinski definition) is 1. The normalized spacial score (nSPS) is 12.1. The Morgan fingerprint density at radius 1 is 0.293 bits per heavy atom. The van der Waals surface area contributed by atoms with E-state index in [2.05, 4.69) is 214 Å². The van der Waals surface area contributed by atoms with Crippen LogP contribution in [-0.4, -0.2) is 13.7 Å². The van der Waals surface area contributed by atoms with Gasteiger partial charge in [-0.1, -0.05) is 127 Å². The first-order valence-corrected chi connectivity index (χ1v) is 19.9. The molecule has 0 unspecified atom stereocenters. The highest BCUT2D eigenvalue weighted by molar-refractivity contribution is 6.19. The molecule has 58 heavy (non-hydrogen) atoms. The lowest BCUT2D eigenvalue weighted by Crippen LogP contribution is -1.98. The van der Waals surface area contributed by atoms with Crippen LogP contribution in [0.15, 0.2) is 205 Å². The Balaban J connectivity index is 1.08. The minimum atomic E-state index is 0.874. The summed E-state index contributed by atoms with van der Waals surface area (Å²) in [6.45, 7) is 0. The Labute approximate surface area is 332 Å². The maximum absolute atomic E-state index is 6.62. The molecule has 0 saturated heterocycles. The van der Waals surface area contributed by atoms with Crippen molar-refractivity contribution in [3.63, 3.8) is 0 Å². The SMILES string of the molecule is c1ccc(-c2cccc3oc4cccc(-n5c6ccccc6c6ccc(-n7c8ccccc8c8cc(-n9c%10ccccc%10c%10ccccc%109)ccc87)cc65)c4c23)cc1. The van der Waals surface area contributed by atoms with Gasteiger partial charge in [0.25, 0.3) is 0 Å². The molecule has 4 heterocycles. The van der Waals surface area contributed by atoms with Crippen molar-refractivity contribution in [1.82, 2.24) is 13.7 Å². The van der Waals surface area contributed by atoms with Crippen molar-refractivity contribution in [3.05, 3.63) is 200 Å². The third-order valence-corrected chi connectivity index (χ3v) is 12.2. The molecule has 270 valence electrons. The molecule has 13 rings (SSSR count). The quantitative estimate of drug-likeness (QED) is 0.177. The summed E-state index contributed by atoms with van der Waals surface area (Å²) in [5.74, 6) is 0. The average molecular weight is 740 g/mol. The van der Waals surface area contributed by atoms with Crippen LogP contribution >= 0.6 is 0 Å². The van der Waals surface area contributed by atoms with Gasteiger partial charge in [-0.25, -0.2) is 0 Å². The van der Waals surface area contributed by atoms with E-state index in [4.69, 9.17) is 4.42 Å². The van der Waals surface area contributed by atoms with E-state index >= 15 is 0 Å². The number of aromatic nitrogens is 3. The number of nitrogens with zero attached hydrogens (tertiary/aromatic N) is 3. The molecular weight excluding hydrogens is 707 g/mol. The monoisotopic (exact) mass is 739 g/mol. The second kappa shape index (κ2) is 11.8. The molecule has 9 aromatic carbocycles. The number of rotatable bonds is 4. The third-order valence-electron chi connectivity index (χ3n) is 12.2. The van der Waals surface area contributed by atoms with E-state index in [1.54, 1.807) is 0 Å². The molecule has 4 heteroatoms. The van der Waals surface area contributed by atoms with Gasteiger partial charge in [0, 0.05) is 49.1 Å². The largest absolute Gasteiger partial charge is 0.456 e. The van der Waals surface area contributed by atoms with Gasteiger partial charge in [-0.2, -0.15) is 0 Å². The first-order valence-electron chi connectivity index (χ1n) is 19.9. The van der Waals surface area contributed by atoms with Gasteiger partial charge in [0.15, 0.2) is 0 Å². The van der Waals surface area contributed by atoms with Crippen molar-refractivity contribution in [1.29, 1.82) is 0 Å². The van der Waals surface area contributed by atoms with Crippen LogP contribution in [0.4, 0.5) is 0 Å². The highest BCUT2D eigenvalue weighted by Crippen LogP contribution is 2.43. The molecule has 0 spiro atoms. The molecule has 0 amide bonds. The minimum absolute atomic E-state index is 0.874. The van der Waals surface area contributed by atoms with E-state index in [0.29, 0.717) is 0 Å². The molecule has 0 aliphatic rings. The molecule has 0 bridgehead atoms. The predicted octanol–water partition coefficient (Wildman–Crippen LogP) is 14.5. The summed E-state index contributed by atoms with van der Waals surface area (Å²) < 4.78 is 13.9. The van der Waals surface area contributed by atoms with Crippen molar-refractivity contribution < 1.29 is 4.42 Å². The molecule has 4 nitrogen and oxygen atoms in total. The summed E-state index contributed by atoms with van der Waals surface area (Å²) in [5, 5.41) is 9.64. The van der Waals surface area contributed by atoms with E-state index in [0.717, 1.165) is 55.6 Å². The van der Waals surface area contributed by atoms with E-state index < -0.39 is 0 Å². The Morgan fingerprint density at radius 2 is 0.776 bits per heavy atom. The Morgan fingerprint density at radius 3 is 1.43 bits per heavy atom. The van der Waals surface area contributed by atoms with Crippen LogP contribution in [0.2, 0.25) is 0 Å². The van der Waals surface area contributed by atoms with Crippen molar-refractivity contribution in [2.24, 2.45) is 0 Å². The number of fused-ring (bicyclic) bond motifs is 12. The van der Waals surface area contributed by atoms with E-state index in [1.165, 1.54) is 59.9 Å². The highest BCUT2D eigenvalue weighted by Gasteiger charge is 2.22. The summed E-state index contributed by atoms with van der Waals surface area (Å²) >= 11 is 0. The Kier molecular flexibility index (Phi) is 6.41. The molecule has 0 aliphatic heterocycles. The van der Waals surface area contributed by atoms with Crippen LogP contribution in [0.25, 0.3) is 116 Å². The lowest BCUT2D eigenvalue weighted by molar-refractivity contribution is 0.669. The highest BCUT2D eigenvalue weighted by atomic mass is 16.3. The minimum Gasteiger partial charge on any atom is -0.456 e. The van der Waals surface area contributed by atoms with Crippen molar-refractivity contribution in [3.8, 4) is 28.2 Å². The summed E-state index contributed by atoms with van der Waals surface area (Å²) in [6.07, 6.45) is 0. The first kappa shape index (κ1) is 31.4. The Bertz CT molecular complexity index is 3750. The summed E-state index contributed by atoms with van der Waals surface area (Å²) in [6, 6.07) is 72.4. The van der Waals surface area contributed by atoms with Gasteiger partial charge in [-0.15, -0.1) is 0 Å². The van der Waals surface area contributed by atoms with Crippen LogP contribution in [0.3, 0.4) is 0 Å². The molecular formula is C54H33N3O. The molecule has 0 saturated carbocycles. The maximum atomic E-state index is 6.62. The fourth-order valence-electron chi connectivity index (χ4n) is 9.83. The summed E-state index contributed by atoms with van der Waals surface area (Å²) in [5.41, 5.74) is 14.5. The fraction of sp³-hybridized carbons (Fsp3) is 0. The first-order chi connectivity index (χ1) is 28.8. The summed E-state index contributed by atoms with van der Waals surface area (Å²) in [4.78, 5) is 0. The van der Waals surface area contributed by atoms with Crippen LogP contribution < -0.4 is 0 Å². The molecule has 4 aromatic heterocycles. The maximum Gasteiger partial charge on any atom is 0.137 e. The number of furan rings is 1. The van der Waals surface area contributed by atoms with E-state index in [1.807, 2.05) is 0 Å². The van der Waals surface area contributed by atoms with Crippen LogP contribution in [-0.2, 0) is 0 Å². The van der Waals surface area contributed by atoms with Gasteiger partial charge < -0.3 is 18.1 Å². The van der Waals surface area contributed by atoms with Crippen LogP contribution in [0, 0.1) is 0 Å². The van der Waals surface area contributed by atoms with Crippen molar-refractivity contribution in [2.45, 2.75) is 0 Å². The zero-order chi connectivity index (χ0) is 37.9. The molecule has 0 fully saturated rings. The zero-order valence-corrected chi connectivity index (χ0v) is 31.3. The number of benzene rings is 9. The predicted molar refractivity (Wildman–Crippen MR) is 242 cm³/mol. The van der Waals surface area contributed by atoms with E-state index in [-0.39, 0.29) is 0 Å². The van der Waals surface area contributed by atoms with Crippen molar-refractivity contribution in [2.75, 3.05) is 0 Å². The van der Waals surface area contributed by atoms with Gasteiger partial charge in [0.1, 0.15) is 11.2 Å². The molecule has 0 aliphatic carbocycles. The standard InChI is InChI=1S/C54H33N3O/c1-2-14-34(15-3-1)37-20-12-26-51-53(37)54-49(25-13-27-52(54)58-51)57-47-24-11-6-18-40(47)42-30-28-36(33-50(42)57)56-46-23-10-7-19-41(46)43-32-35(29-31-48(43)56)55-44-21-8-4-16-38(44)39-17-5-9-22-45(39)55/h1-33H. The second-order valence-corrected chi connectivity index (χ2v) is 15.3. The number of hydrogen-bond donors (Lipinski definition) is 0. The van der Waals surface area contributed by atoms with Gasteiger partial charge in [-0.05, 0) is 83.9 Å². The fourth-order valence-corrected chi connectivity index (χ4v) is 9.83. The lowest BCUT2D eigenvalue weighted by atomic mass is 9.99. The van der Waals surface area contributed by atoms with Gasteiger partial charge in [-0.3, -0.25) is 0 Å². The van der Waals surface area contributed by atoms with Crippen LogP contribution in [0.1, 0.15) is 0 Å². The summed E-state index contributed by atoms with van der Waals surface area (Å²) in [7, 11) is 0. The second-order valence-electron chi connectivity index (χ2n) is 15.3. The van der Waals surface area contributed by atoms with Crippen molar-refractivity contribution >= 4 is 87.4 Å². The molecule has 0 atom stereocenters. The molecule has 0 N–H and O–H groups in total. The lowest BCUT2D eigenvalue weighted by Gasteiger charge is -2.13. The van der Waals surface area contributed by atoms with Gasteiger partial charge >= 0.3 is 0 Å². The zero-order valence-electron chi connectivity index (χ0n) is 31.3. The van der Waals surface area contributed by atoms with E-state index in [9.17, 15) is 0 Å². The average Bonchev–Trinajstić information content (AvgIpc) is 4.03. The van der Waals surface area contributed by atoms with Gasteiger partial charge in [0.2, 0.25) is 0 Å². The topological polar surface area (TPSA) is 27.9 Å². The number of para-hydroxylation sites is 4. The van der Waals surface area contributed by atoms with Crippen LogP contribution in [0.5, 0.6) is 0 Å². The smallest absolute Gasteiger partial charge is 0.137 e.